The third kappa shape index (κ3) is 3.19. The van der Waals surface area contributed by atoms with E-state index in [9.17, 15) is 19.7 Å². The summed E-state index contributed by atoms with van der Waals surface area (Å²) in [5, 5.41) is 17.1. The number of nitrogens with zero attached hydrogens (tertiary/aromatic N) is 5. The van der Waals surface area contributed by atoms with Crippen molar-refractivity contribution in [3.63, 3.8) is 0 Å². The molecule has 0 aromatic heterocycles. The van der Waals surface area contributed by atoms with Crippen molar-refractivity contribution in [1.29, 1.82) is 0 Å². The normalized spacial score (nSPS) is 13.2. The largest absolute Gasteiger partial charge is 0.378 e. The number of amides is 2. The predicted octanol–water partition coefficient (Wildman–Crippen LogP) is 1.87. The molecule has 112 valence electrons. The average molecular weight is 302 g/mol. The van der Waals surface area contributed by atoms with Gasteiger partial charge in [-0.15, -0.1) is 0 Å². The van der Waals surface area contributed by atoms with Crippen molar-refractivity contribution in [1.82, 2.24) is 4.90 Å². The van der Waals surface area contributed by atoms with Crippen molar-refractivity contribution in [2.45, 2.75) is 0 Å². The van der Waals surface area contributed by atoms with Gasteiger partial charge in [0.15, 0.2) is 0 Å². The number of carbonyl (C=O) groups excluding carboxylic acids is 2. The first kappa shape index (κ1) is 15.0. The fourth-order valence-electron chi connectivity index (χ4n) is 1.89. The minimum atomic E-state index is -0.619. The number of hydrogen-bond acceptors (Lipinski definition) is 6. The van der Waals surface area contributed by atoms with Crippen LogP contribution in [-0.2, 0) is 9.59 Å². The summed E-state index contributed by atoms with van der Waals surface area (Å²) in [6.45, 7) is 0.237. The van der Waals surface area contributed by atoms with E-state index in [0.29, 0.717) is 0 Å². The minimum absolute atomic E-state index is 0.0833. The van der Waals surface area contributed by atoms with E-state index in [1.165, 1.54) is 24.3 Å². The number of nitro groups is 1. The number of azide groups is 1. The Hall–Kier alpha value is -3.39. The fraction of sp³-hybridized carbons (Fsp3) is 0.167. The molecule has 2 amide bonds. The molecule has 10 nitrogen and oxygen atoms in total. The lowest BCUT2D eigenvalue weighted by atomic mass is 10.2. The molecule has 0 radical (unpaired) electrons. The summed E-state index contributed by atoms with van der Waals surface area (Å²) in [5.74, 6) is -0.833. The van der Waals surface area contributed by atoms with Gasteiger partial charge in [0.25, 0.3) is 17.5 Å². The van der Waals surface area contributed by atoms with Crippen molar-refractivity contribution in [2.75, 3.05) is 18.4 Å². The highest BCUT2D eigenvalue weighted by molar-refractivity contribution is 6.12. The van der Waals surface area contributed by atoms with E-state index in [1.54, 1.807) is 0 Å². The molecule has 1 aliphatic heterocycles. The van der Waals surface area contributed by atoms with Crippen LogP contribution in [-0.4, -0.2) is 34.7 Å². The molecule has 0 bridgehead atoms. The topological polar surface area (TPSA) is 141 Å². The molecule has 0 saturated carbocycles. The standard InChI is InChI=1S/C12H10N6O4/c13-16-15-8-1-2-9(10(7-8)18(21)22)14-5-6-17-11(19)3-4-12(17)20/h1-4,7,14H,5-6H2. The summed E-state index contributed by atoms with van der Waals surface area (Å²) in [6, 6.07) is 3.95. The van der Waals surface area contributed by atoms with Crippen molar-refractivity contribution < 1.29 is 14.5 Å². The molecule has 0 fully saturated rings. The Balaban J connectivity index is 2.06. The van der Waals surface area contributed by atoms with E-state index in [4.69, 9.17) is 5.53 Å². The van der Waals surface area contributed by atoms with Gasteiger partial charge in [-0.2, -0.15) is 0 Å². The maximum absolute atomic E-state index is 11.4. The molecular formula is C12H10N6O4. The van der Waals surface area contributed by atoms with E-state index in [0.717, 1.165) is 11.0 Å². The summed E-state index contributed by atoms with van der Waals surface area (Å²) in [7, 11) is 0. The number of imide groups is 1. The summed E-state index contributed by atoms with van der Waals surface area (Å²) in [5.41, 5.74) is 8.39. The van der Waals surface area contributed by atoms with Gasteiger partial charge >= 0.3 is 0 Å². The number of hydrogen-bond donors (Lipinski definition) is 1. The van der Waals surface area contributed by atoms with Crippen LogP contribution < -0.4 is 5.32 Å². The van der Waals surface area contributed by atoms with Gasteiger partial charge in [0, 0.05) is 41.9 Å². The zero-order chi connectivity index (χ0) is 16.1. The molecule has 10 heteroatoms. The molecule has 1 aromatic rings. The highest BCUT2D eigenvalue weighted by Crippen LogP contribution is 2.29. The maximum atomic E-state index is 11.4. The van der Waals surface area contributed by atoms with Gasteiger partial charge in [-0.05, 0) is 11.6 Å². The zero-order valence-electron chi connectivity index (χ0n) is 11.2. The van der Waals surface area contributed by atoms with Crippen molar-refractivity contribution in [3.05, 3.63) is 50.9 Å². The second-order valence-corrected chi connectivity index (χ2v) is 4.24. The Labute approximate surface area is 123 Å². The fourth-order valence-corrected chi connectivity index (χ4v) is 1.89. The molecule has 1 heterocycles. The van der Waals surface area contributed by atoms with Gasteiger partial charge in [-0.1, -0.05) is 11.2 Å². The summed E-state index contributed by atoms with van der Waals surface area (Å²) in [4.78, 5) is 36.7. The van der Waals surface area contributed by atoms with Crippen LogP contribution >= 0.6 is 0 Å². The second-order valence-electron chi connectivity index (χ2n) is 4.24. The van der Waals surface area contributed by atoms with Gasteiger partial charge in [-0.25, -0.2) is 0 Å². The highest BCUT2D eigenvalue weighted by atomic mass is 16.6. The molecule has 2 rings (SSSR count). The molecule has 0 aliphatic carbocycles. The smallest absolute Gasteiger partial charge is 0.292 e. The number of carbonyl (C=O) groups is 2. The summed E-state index contributed by atoms with van der Waals surface area (Å²) in [6.07, 6.45) is 2.33. The second kappa shape index (κ2) is 6.37. The first-order valence-corrected chi connectivity index (χ1v) is 6.14. The SMILES string of the molecule is [N-]=[N+]=Nc1ccc(NCCN2C(=O)C=CC2=O)c([N+](=O)[O-])c1. The van der Waals surface area contributed by atoms with Crippen molar-refractivity contribution >= 4 is 28.9 Å². The highest BCUT2D eigenvalue weighted by Gasteiger charge is 2.23. The Morgan fingerprint density at radius 1 is 1.32 bits per heavy atom. The van der Waals surface area contributed by atoms with Crippen LogP contribution in [0.25, 0.3) is 10.4 Å². The maximum Gasteiger partial charge on any atom is 0.292 e. The van der Waals surface area contributed by atoms with Crippen LogP contribution in [0.2, 0.25) is 0 Å². The molecular weight excluding hydrogens is 292 g/mol. The zero-order valence-corrected chi connectivity index (χ0v) is 11.2. The Morgan fingerprint density at radius 2 is 2.00 bits per heavy atom. The monoisotopic (exact) mass is 302 g/mol. The van der Waals surface area contributed by atoms with Gasteiger partial charge in [0.2, 0.25) is 0 Å². The Morgan fingerprint density at radius 3 is 2.59 bits per heavy atom. The first-order chi connectivity index (χ1) is 10.5. The Kier molecular flexibility index (Phi) is 4.35. The third-order valence-electron chi connectivity index (χ3n) is 2.89. The lowest BCUT2D eigenvalue weighted by molar-refractivity contribution is -0.383. The third-order valence-corrected chi connectivity index (χ3v) is 2.89. The van der Waals surface area contributed by atoms with E-state index in [-0.39, 0.29) is 30.2 Å². The number of benzene rings is 1. The number of anilines is 1. The lowest BCUT2D eigenvalue weighted by Crippen LogP contribution is -2.34. The van der Waals surface area contributed by atoms with E-state index in [1.807, 2.05) is 0 Å². The number of nitro benzene ring substituents is 1. The minimum Gasteiger partial charge on any atom is -0.378 e. The summed E-state index contributed by atoms with van der Waals surface area (Å²) >= 11 is 0. The van der Waals surface area contributed by atoms with E-state index in [2.05, 4.69) is 15.3 Å². The molecule has 1 aromatic carbocycles. The first-order valence-electron chi connectivity index (χ1n) is 6.14. The predicted molar refractivity (Wildman–Crippen MR) is 76.3 cm³/mol. The van der Waals surface area contributed by atoms with Crippen LogP contribution in [0.1, 0.15) is 0 Å². The lowest BCUT2D eigenvalue weighted by Gasteiger charge is -2.14. The molecule has 0 saturated heterocycles. The molecule has 22 heavy (non-hydrogen) atoms. The van der Waals surface area contributed by atoms with Crippen LogP contribution in [0.3, 0.4) is 0 Å². The van der Waals surface area contributed by atoms with Gasteiger partial charge < -0.3 is 5.32 Å². The van der Waals surface area contributed by atoms with Crippen molar-refractivity contribution in [3.8, 4) is 0 Å². The van der Waals surface area contributed by atoms with Crippen LogP contribution in [0.4, 0.5) is 17.1 Å². The van der Waals surface area contributed by atoms with Gasteiger partial charge in [-0.3, -0.25) is 24.6 Å². The number of rotatable bonds is 6. The molecule has 0 unspecified atom stereocenters. The van der Waals surface area contributed by atoms with Gasteiger partial charge in [0.1, 0.15) is 5.69 Å². The van der Waals surface area contributed by atoms with Crippen LogP contribution in [0.5, 0.6) is 0 Å². The van der Waals surface area contributed by atoms with E-state index >= 15 is 0 Å². The quantitative estimate of drug-likeness (QED) is 0.213. The van der Waals surface area contributed by atoms with Gasteiger partial charge in [0.05, 0.1) is 4.92 Å². The van der Waals surface area contributed by atoms with Crippen LogP contribution in [0.15, 0.2) is 35.5 Å². The molecule has 1 aliphatic rings. The van der Waals surface area contributed by atoms with Crippen molar-refractivity contribution in [2.24, 2.45) is 5.11 Å². The van der Waals surface area contributed by atoms with E-state index < -0.39 is 16.7 Å². The molecule has 0 atom stereocenters. The Bertz CT molecular complexity index is 704. The molecule has 0 spiro atoms. The molecule has 1 N–H and O–H groups in total. The summed E-state index contributed by atoms with van der Waals surface area (Å²) < 4.78 is 0. The van der Waals surface area contributed by atoms with Crippen LogP contribution in [0, 0.1) is 10.1 Å². The average Bonchev–Trinajstić information content (AvgIpc) is 2.80. The number of nitrogens with one attached hydrogen (secondary N) is 1.